The van der Waals surface area contributed by atoms with Crippen LogP contribution >= 0.6 is 0 Å². The van der Waals surface area contributed by atoms with E-state index in [0.717, 1.165) is 19.4 Å². The quantitative estimate of drug-likeness (QED) is 0.736. The predicted molar refractivity (Wildman–Crippen MR) is 96.8 cm³/mol. The Morgan fingerprint density at radius 3 is 2.31 bits per heavy atom. The van der Waals surface area contributed by atoms with E-state index in [1.54, 1.807) is 0 Å². The minimum absolute atomic E-state index is 0.137. The van der Waals surface area contributed by atoms with Crippen LogP contribution < -0.4 is 0 Å². The van der Waals surface area contributed by atoms with Gasteiger partial charge in [0.2, 0.25) is 15.9 Å². The lowest BCUT2D eigenvalue weighted by Crippen LogP contribution is -2.51. The highest BCUT2D eigenvalue weighted by Gasteiger charge is 2.33. The molecule has 0 N–H and O–H groups in total. The fourth-order valence-electron chi connectivity index (χ4n) is 3.29. The number of likely N-dealkylation sites (N-methyl/N-ethyl adjacent to an activating group) is 1. The topological polar surface area (TPSA) is 84.7 Å². The number of nitrogens with zero attached hydrogens (tertiary/aromatic N) is 4. The molecule has 2 aliphatic rings. The molecule has 1 saturated carbocycles. The summed E-state index contributed by atoms with van der Waals surface area (Å²) in [6.07, 6.45) is 2.19. The zero-order valence-corrected chi connectivity index (χ0v) is 15.8. The fourth-order valence-corrected chi connectivity index (χ4v) is 4.71. The van der Waals surface area contributed by atoms with Crippen molar-refractivity contribution >= 4 is 15.9 Å². The molecule has 0 bridgehead atoms. The van der Waals surface area contributed by atoms with Crippen LogP contribution in [0.4, 0.5) is 0 Å². The Kier molecular flexibility index (Phi) is 5.61. The van der Waals surface area contributed by atoms with E-state index in [2.05, 4.69) is 0 Å². The molecule has 3 rings (SSSR count). The van der Waals surface area contributed by atoms with Crippen molar-refractivity contribution in [2.24, 2.45) is 0 Å². The van der Waals surface area contributed by atoms with Crippen LogP contribution in [0.1, 0.15) is 25.3 Å². The Morgan fingerprint density at radius 1 is 1.19 bits per heavy atom. The van der Waals surface area contributed by atoms with Crippen molar-refractivity contribution < 1.29 is 13.2 Å². The Balaban J connectivity index is 1.57. The number of carbonyl (C=O) groups is 1. The second kappa shape index (κ2) is 7.74. The van der Waals surface area contributed by atoms with Crippen LogP contribution in [0.2, 0.25) is 0 Å². The summed E-state index contributed by atoms with van der Waals surface area (Å²) in [5, 5.41) is 8.83. The van der Waals surface area contributed by atoms with E-state index in [9.17, 15) is 13.2 Å². The molecular weight excluding hydrogens is 352 g/mol. The van der Waals surface area contributed by atoms with Crippen LogP contribution in [0.3, 0.4) is 0 Å². The maximum Gasteiger partial charge on any atom is 0.243 e. The molecule has 8 heteroatoms. The lowest BCUT2D eigenvalue weighted by molar-refractivity contribution is -0.133. The summed E-state index contributed by atoms with van der Waals surface area (Å²) in [7, 11) is -3.56. The second-order valence-corrected chi connectivity index (χ2v) is 8.67. The Hall–Kier alpha value is -1.95. The van der Waals surface area contributed by atoms with E-state index in [-0.39, 0.29) is 10.8 Å². The number of rotatable bonds is 6. The van der Waals surface area contributed by atoms with Gasteiger partial charge in [-0.25, -0.2) is 8.42 Å². The molecule has 1 aromatic rings. The van der Waals surface area contributed by atoms with Crippen LogP contribution in [0.15, 0.2) is 29.2 Å². The summed E-state index contributed by atoms with van der Waals surface area (Å²) in [6.45, 7) is 4.91. The average molecular weight is 376 g/mol. The molecule has 7 nitrogen and oxygen atoms in total. The summed E-state index contributed by atoms with van der Waals surface area (Å²) >= 11 is 0. The molecule has 1 heterocycles. The molecule has 1 aromatic carbocycles. The van der Waals surface area contributed by atoms with Crippen molar-refractivity contribution in [3.63, 3.8) is 0 Å². The van der Waals surface area contributed by atoms with Gasteiger partial charge < -0.3 is 4.90 Å². The molecular formula is C18H24N4O3S. The summed E-state index contributed by atoms with van der Waals surface area (Å²) < 4.78 is 26.9. The van der Waals surface area contributed by atoms with Gasteiger partial charge in [-0.05, 0) is 44.0 Å². The molecule has 0 radical (unpaired) electrons. The van der Waals surface area contributed by atoms with E-state index in [1.807, 2.05) is 22.8 Å². The van der Waals surface area contributed by atoms with E-state index in [4.69, 9.17) is 5.26 Å². The van der Waals surface area contributed by atoms with Gasteiger partial charge in [-0.2, -0.15) is 9.57 Å². The molecule has 1 amide bonds. The number of benzene rings is 1. The summed E-state index contributed by atoms with van der Waals surface area (Å²) in [4.78, 5) is 16.6. The SMILES string of the molecule is CCN(C(=O)CN1CCN(S(=O)(=O)c2ccc(C#N)cc2)CC1)C1CC1. The third-order valence-corrected chi connectivity index (χ3v) is 6.87. The van der Waals surface area contributed by atoms with Gasteiger partial charge in [-0.3, -0.25) is 9.69 Å². The van der Waals surface area contributed by atoms with Crippen molar-refractivity contribution in [3.05, 3.63) is 29.8 Å². The maximum absolute atomic E-state index is 12.7. The normalized spacial score (nSPS) is 19.1. The van der Waals surface area contributed by atoms with Crippen molar-refractivity contribution in [1.82, 2.24) is 14.1 Å². The maximum atomic E-state index is 12.7. The number of amides is 1. The van der Waals surface area contributed by atoms with Gasteiger partial charge in [0, 0.05) is 38.8 Å². The number of carbonyl (C=O) groups excluding carboxylic acids is 1. The number of sulfonamides is 1. The largest absolute Gasteiger partial charge is 0.339 e. The first-order valence-electron chi connectivity index (χ1n) is 8.98. The second-order valence-electron chi connectivity index (χ2n) is 6.73. The minimum Gasteiger partial charge on any atom is -0.339 e. The molecule has 26 heavy (non-hydrogen) atoms. The molecule has 0 spiro atoms. The molecule has 1 saturated heterocycles. The summed E-state index contributed by atoms with van der Waals surface area (Å²) in [6, 6.07) is 8.36. The smallest absolute Gasteiger partial charge is 0.243 e. The molecule has 2 fully saturated rings. The van der Waals surface area contributed by atoms with Crippen LogP contribution in [0.5, 0.6) is 0 Å². The van der Waals surface area contributed by atoms with E-state index < -0.39 is 10.0 Å². The molecule has 1 aliphatic heterocycles. The van der Waals surface area contributed by atoms with Crippen molar-refractivity contribution in [2.75, 3.05) is 39.3 Å². The van der Waals surface area contributed by atoms with Gasteiger partial charge in [0.15, 0.2) is 0 Å². The lowest BCUT2D eigenvalue weighted by atomic mass is 10.2. The van der Waals surface area contributed by atoms with Crippen molar-refractivity contribution in [2.45, 2.75) is 30.7 Å². The third kappa shape index (κ3) is 4.06. The van der Waals surface area contributed by atoms with E-state index >= 15 is 0 Å². The average Bonchev–Trinajstić information content (AvgIpc) is 3.48. The van der Waals surface area contributed by atoms with Gasteiger partial charge in [0.25, 0.3) is 0 Å². The first kappa shape index (κ1) is 18.8. The van der Waals surface area contributed by atoms with E-state index in [0.29, 0.717) is 44.3 Å². The van der Waals surface area contributed by atoms with Gasteiger partial charge in [-0.1, -0.05) is 0 Å². The summed E-state index contributed by atoms with van der Waals surface area (Å²) in [5.41, 5.74) is 0.434. The van der Waals surface area contributed by atoms with Crippen molar-refractivity contribution in [3.8, 4) is 6.07 Å². The standard InChI is InChI=1S/C18H24N4O3S/c1-2-22(16-5-6-16)18(23)14-20-9-11-21(12-10-20)26(24,25)17-7-3-15(13-19)4-8-17/h3-4,7-8,16H,2,5-6,9-12,14H2,1H3. The highest BCUT2D eigenvalue weighted by atomic mass is 32.2. The summed E-state index contributed by atoms with van der Waals surface area (Å²) in [5.74, 6) is 0.137. The first-order chi connectivity index (χ1) is 12.5. The monoisotopic (exact) mass is 376 g/mol. The lowest BCUT2D eigenvalue weighted by Gasteiger charge is -2.34. The highest BCUT2D eigenvalue weighted by Crippen LogP contribution is 2.26. The van der Waals surface area contributed by atoms with Gasteiger partial charge >= 0.3 is 0 Å². The Labute approximate surface area is 154 Å². The number of hydrogen-bond acceptors (Lipinski definition) is 5. The molecule has 140 valence electrons. The highest BCUT2D eigenvalue weighted by molar-refractivity contribution is 7.89. The molecule has 1 aliphatic carbocycles. The van der Waals surface area contributed by atoms with Crippen molar-refractivity contribution in [1.29, 1.82) is 5.26 Å². The van der Waals surface area contributed by atoms with E-state index in [1.165, 1.54) is 28.6 Å². The zero-order valence-electron chi connectivity index (χ0n) is 15.0. The number of piperazine rings is 1. The van der Waals surface area contributed by atoms with Crippen LogP contribution in [0, 0.1) is 11.3 Å². The van der Waals surface area contributed by atoms with Crippen LogP contribution in [-0.4, -0.2) is 73.7 Å². The first-order valence-corrected chi connectivity index (χ1v) is 10.4. The molecule has 0 atom stereocenters. The Morgan fingerprint density at radius 2 is 1.81 bits per heavy atom. The minimum atomic E-state index is -3.56. The van der Waals surface area contributed by atoms with Gasteiger partial charge in [0.05, 0.1) is 23.1 Å². The molecule has 0 aromatic heterocycles. The van der Waals surface area contributed by atoms with Crippen LogP contribution in [0.25, 0.3) is 0 Å². The zero-order chi connectivity index (χ0) is 18.7. The third-order valence-electron chi connectivity index (χ3n) is 4.96. The van der Waals surface area contributed by atoms with Gasteiger partial charge in [0.1, 0.15) is 0 Å². The fraction of sp³-hybridized carbons (Fsp3) is 0.556. The number of nitriles is 1. The Bertz CT molecular complexity index is 789. The van der Waals surface area contributed by atoms with Gasteiger partial charge in [-0.15, -0.1) is 0 Å². The van der Waals surface area contributed by atoms with Crippen LogP contribution in [-0.2, 0) is 14.8 Å². The molecule has 0 unspecified atom stereocenters. The number of hydrogen-bond donors (Lipinski definition) is 0. The predicted octanol–water partition coefficient (Wildman–Crippen LogP) is 0.875.